The fourth-order valence-electron chi connectivity index (χ4n) is 2.81. The van der Waals surface area contributed by atoms with Crippen LogP contribution in [0.1, 0.15) is 11.1 Å². The Morgan fingerprint density at radius 1 is 1.00 bits per heavy atom. The van der Waals surface area contributed by atoms with Gasteiger partial charge in [-0.1, -0.05) is 24.3 Å². The van der Waals surface area contributed by atoms with Crippen molar-refractivity contribution in [3.63, 3.8) is 0 Å². The van der Waals surface area contributed by atoms with Gasteiger partial charge in [0.15, 0.2) is 0 Å². The van der Waals surface area contributed by atoms with E-state index in [0.29, 0.717) is 13.2 Å². The van der Waals surface area contributed by atoms with Crippen molar-refractivity contribution in [2.24, 2.45) is 0 Å². The molecule has 1 heterocycles. The number of benzene rings is 2. The fraction of sp³-hybridized carbons (Fsp3) is 0.316. The number of amides is 2. The molecule has 0 aromatic heterocycles. The molecule has 2 aromatic carbocycles. The third-order valence-corrected chi connectivity index (χ3v) is 4.15. The largest absolute Gasteiger partial charge is 0.378 e. The second-order valence-corrected chi connectivity index (χ2v) is 6.01. The molecule has 1 saturated heterocycles. The summed E-state index contributed by atoms with van der Waals surface area (Å²) in [4.78, 5) is 14.6. The highest BCUT2D eigenvalue weighted by Crippen LogP contribution is 2.26. The fourth-order valence-corrected chi connectivity index (χ4v) is 2.81. The van der Waals surface area contributed by atoms with E-state index in [4.69, 9.17) is 4.74 Å². The minimum Gasteiger partial charge on any atom is -0.378 e. The molecule has 1 aliphatic rings. The molecule has 1 aliphatic heterocycles. The Hall–Kier alpha value is -2.53. The van der Waals surface area contributed by atoms with Crippen LogP contribution in [-0.2, 0) is 4.74 Å². The molecule has 1 fully saturated rings. The molecular weight excluding hydrogens is 302 g/mol. The predicted molar refractivity (Wildman–Crippen MR) is 98.0 cm³/mol. The summed E-state index contributed by atoms with van der Waals surface area (Å²) in [5.41, 5.74) is 4.82. The van der Waals surface area contributed by atoms with Gasteiger partial charge < -0.3 is 20.3 Å². The molecule has 3 rings (SSSR count). The molecule has 126 valence electrons. The van der Waals surface area contributed by atoms with E-state index < -0.39 is 0 Å². The monoisotopic (exact) mass is 325 g/mol. The second kappa shape index (κ2) is 7.36. The minimum atomic E-state index is -0.232. The Morgan fingerprint density at radius 3 is 2.50 bits per heavy atom. The predicted octanol–water partition coefficient (Wildman–Crippen LogP) is 3.78. The number of ether oxygens (including phenoxy) is 1. The smallest absolute Gasteiger partial charge is 0.323 e. The molecule has 2 aromatic rings. The van der Waals surface area contributed by atoms with Gasteiger partial charge in [0.2, 0.25) is 0 Å². The van der Waals surface area contributed by atoms with Crippen LogP contribution in [0.4, 0.5) is 21.9 Å². The summed E-state index contributed by atoms with van der Waals surface area (Å²) < 4.78 is 5.40. The molecular formula is C19H23N3O2. The van der Waals surface area contributed by atoms with E-state index in [1.807, 2.05) is 56.3 Å². The number of anilines is 3. The first-order valence-electron chi connectivity index (χ1n) is 8.20. The van der Waals surface area contributed by atoms with Gasteiger partial charge >= 0.3 is 6.03 Å². The molecule has 0 saturated carbocycles. The molecule has 24 heavy (non-hydrogen) atoms. The van der Waals surface area contributed by atoms with Crippen LogP contribution >= 0.6 is 0 Å². The number of urea groups is 1. The van der Waals surface area contributed by atoms with Crippen LogP contribution in [0.2, 0.25) is 0 Å². The normalized spacial score (nSPS) is 14.3. The Kier molecular flexibility index (Phi) is 5.01. The number of hydrogen-bond acceptors (Lipinski definition) is 3. The van der Waals surface area contributed by atoms with Crippen LogP contribution in [0, 0.1) is 13.8 Å². The molecule has 0 atom stereocenters. The van der Waals surface area contributed by atoms with Gasteiger partial charge in [-0.05, 0) is 43.2 Å². The van der Waals surface area contributed by atoms with Gasteiger partial charge in [-0.15, -0.1) is 0 Å². The van der Waals surface area contributed by atoms with Crippen molar-refractivity contribution in [2.75, 3.05) is 41.8 Å². The standard InChI is InChI=1S/C19H23N3O2/c1-14-7-8-15(2)17(13-14)21-19(23)20-16-5-3-4-6-18(16)22-9-11-24-12-10-22/h3-8,13H,9-12H2,1-2H3,(H2,20,21,23). The second-order valence-electron chi connectivity index (χ2n) is 6.01. The lowest BCUT2D eigenvalue weighted by Crippen LogP contribution is -2.37. The van der Waals surface area contributed by atoms with Crippen molar-refractivity contribution in [3.05, 3.63) is 53.6 Å². The maximum absolute atomic E-state index is 12.4. The lowest BCUT2D eigenvalue weighted by atomic mass is 10.1. The molecule has 5 heteroatoms. The van der Waals surface area contributed by atoms with E-state index in [1.165, 1.54) is 0 Å². The maximum Gasteiger partial charge on any atom is 0.323 e. The third kappa shape index (κ3) is 3.86. The van der Waals surface area contributed by atoms with E-state index in [0.717, 1.165) is 41.3 Å². The molecule has 2 amide bonds. The number of nitrogens with zero attached hydrogens (tertiary/aromatic N) is 1. The lowest BCUT2D eigenvalue weighted by molar-refractivity contribution is 0.123. The van der Waals surface area contributed by atoms with Crippen LogP contribution in [-0.4, -0.2) is 32.3 Å². The quantitative estimate of drug-likeness (QED) is 0.903. The van der Waals surface area contributed by atoms with Gasteiger partial charge in [0, 0.05) is 18.8 Å². The van der Waals surface area contributed by atoms with Gasteiger partial charge in [0.05, 0.1) is 24.6 Å². The summed E-state index contributed by atoms with van der Waals surface area (Å²) in [6, 6.07) is 13.6. The van der Waals surface area contributed by atoms with Crippen LogP contribution in [0.3, 0.4) is 0 Å². The third-order valence-electron chi connectivity index (χ3n) is 4.15. The first kappa shape index (κ1) is 16.3. The van der Waals surface area contributed by atoms with Crippen LogP contribution < -0.4 is 15.5 Å². The summed E-state index contributed by atoms with van der Waals surface area (Å²) in [7, 11) is 0. The van der Waals surface area contributed by atoms with E-state index in [9.17, 15) is 4.79 Å². The highest BCUT2D eigenvalue weighted by atomic mass is 16.5. The zero-order chi connectivity index (χ0) is 16.9. The van der Waals surface area contributed by atoms with Crippen LogP contribution in [0.15, 0.2) is 42.5 Å². The number of aryl methyl sites for hydroxylation is 2. The van der Waals surface area contributed by atoms with Crippen molar-refractivity contribution in [2.45, 2.75) is 13.8 Å². The first-order chi connectivity index (χ1) is 11.6. The Morgan fingerprint density at radius 2 is 1.71 bits per heavy atom. The Balaban J connectivity index is 1.73. The number of carbonyl (C=O) groups excluding carboxylic acids is 1. The highest BCUT2D eigenvalue weighted by Gasteiger charge is 2.15. The van der Waals surface area contributed by atoms with Gasteiger partial charge in [0.25, 0.3) is 0 Å². The van der Waals surface area contributed by atoms with Crippen molar-refractivity contribution in [3.8, 4) is 0 Å². The highest BCUT2D eigenvalue weighted by molar-refractivity contribution is 6.02. The van der Waals surface area contributed by atoms with E-state index in [-0.39, 0.29) is 6.03 Å². The number of rotatable bonds is 3. The lowest BCUT2D eigenvalue weighted by Gasteiger charge is -2.30. The SMILES string of the molecule is Cc1ccc(C)c(NC(=O)Nc2ccccc2N2CCOCC2)c1. The zero-order valence-corrected chi connectivity index (χ0v) is 14.1. The summed E-state index contributed by atoms with van der Waals surface area (Å²) in [6.45, 7) is 7.08. The average molecular weight is 325 g/mol. The van der Waals surface area contributed by atoms with Crippen molar-refractivity contribution < 1.29 is 9.53 Å². The van der Waals surface area contributed by atoms with E-state index >= 15 is 0 Å². The summed E-state index contributed by atoms with van der Waals surface area (Å²) in [5, 5.41) is 5.91. The summed E-state index contributed by atoms with van der Waals surface area (Å²) >= 11 is 0. The molecule has 2 N–H and O–H groups in total. The van der Waals surface area contributed by atoms with Gasteiger partial charge in [-0.25, -0.2) is 4.79 Å². The van der Waals surface area contributed by atoms with E-state index in [1.54, 1.807) is 0 Å². The number of nitrogens with one attached hydrogen (secondary N) is 2. The molecule has 0 radical (unpaired) electrons. The molecule has 0 unspecified atom stereocenters. The average Bonchev–Trinajstić information content (AvgIpc) is 2.59. The van der Waals surface area contributed by atoms with Gasteiger partial charge in [0.1, 0.15) is 0 Å². The van der Waals surface area contributed by atoms with E-state index in [2.05, 4.69) is 15.5 Å². The van der Waals surface area contributed by atoms with Crippen molar-refractivity contribution in [1.82, 2.24) is 0 Å². The van der Waals surface area contributed by atoms with Gasteiger partial charge in [-0.2, -0.15) is 0 Å². The number of hydrogen-bond donors (Lipinski definition) is 2. The van der Waals surface area contributed by atoms with Crippen molar-refractivity contribution >= 4 is 23.1 Å². The Labute approximate surface area is 142 Å². The number of para-hydroxylation sites is 2. The molecule has 0 aliphatic carbocycles. The van der Waals surface area contributed by atoms with Gasteiger partial charge in [-0.3, -0.25) is 0 Å². The Bertz CT molecular complexity index is 724. The molecule has 0 bridgehead atoms. The molecule has 0 spiro atoms. The first-order valence-corrected chi connectivity index (χ1v) is 8.20. The molecule has 5 nitrogen and oxygen atoms in total. The van der Waals surface area contributed by atoms with Crippen molar-refractivity contribution in [1.29, 1.82) is 0 Å². The summed E-state index contributed by atoms with van der Waals surface area (Å²) in [6.07, 6.45) is 0. The number of morpholine rings is 1. The topological polar surface area (TPSA) is 53.6 Å². The zero-order valence-electron chi connectivity index (χ0n) is 14.1. The van der Waals surface area contributed by atoms with Crippen LogP contribution in [0.5, 0.6) is 0 Å². The van der Waals surface area contributed by atoms with Crippen LogP contribution in [0.25, 0.3) is 0 Å². The summed E-state index contributed by atoms with van der Waals surface area (Å²) in [5.74, 6) is 0. The maximum atomic E-state index is 12.4. The number of carbonyl (C=O) groups is 1. The minimum absolute atomic E-state index is 0.232.